The molecule has 0 saturated heterocycles. The molecule has 0 atom stereocenters. The number of aromatic nitrogens is 1. The minimum atomic E-state index is 0.642. The average Bonchev–Trinajstić information content (AvgIpc) is 2.22. The lowest BCUT2D eigenvalue weighted by atomic mass is 9.91. The van der Waals surface area contributed by atoms with Crippen LogP contribution < -0.4 is 4.90 Å². The van der Waals surface area contributed by atoms with E-state index < -0.39 is 0 Å². The van der Waals surface area contributed by atoms with E-state index in [2.05, 4.69) is 47.8 Å². The van der Waals surface area contributed by atoms with Gasteiger partial charge in [-0.3, -0.25) is 0 Å². The summed E-state index contributed by atoms with van der Waals surface area (Å²) in [5, 5.41) is 0. The van der Waals surface area contributed by atoms with E-state index in [-0.39, 0.29) is 0 Å². The van der Waals surface area contributed by atoms with Crippen LogP contribution in [0.3, 0.4) is 0 Å². The highest BCUT2D eigenvalue weighted by Gasteiger charge is 2.26. The van der Waals surface area contributed by atoms with Crippen molar-refractivity contribution in [1.29, 1.82) is 0 Å². The molecule has 1 heterocycles. The molecule has 0 N–H and O–H groups in total. The van der Waals surface area contributed by atoms with Crippen LogP contribution in [0.1, 0.15) is 25.7 Å². The lowest BCUT2D eigenvalue weighted by Gasteiger charge is -2.38. The Morgan fingerprint density at radius 2 is 2.18 bits per heavy atom. The summed E-state index contributed by atoms with van der Waals surface area (Å²) in [5.74, 6) is 1.75. The van der Waals surface area contributed by atoms with E-state index in [0.717, 1.165) is 27.7 Å². The molecule has 0 amide bonds. The highest BCUT2D eigenvalue weighted by atomic mass is 79.9. The summed E-state index contributed by atoms with van der Waals surface area (Å²) in [4.78, 5) is 6.91. The Balaban J connectivity index is 2.17. The van der Waals surface area contributed by atoms with Crippen LogP contribution in [-0.4, -0.2) is 23.5 Å². The molecule has 0 bridgehead atoms. The van der Waals surface area contributed by atoms with Gasteiger partial charge in [-0.15, -0.1) is 11.6 Å². The molecular weight excluding hydrogens is 367 g/mol. The average molecular weight is 383 g/mol. The fourth-order valence-electron chi connectivity index (χ4n) is 2.01. The summed E-state index contributed by atoms with van der Waals surface area (Å²) in [6.45, 7) is 0.987. The summed E-state index contributed by atoms with van der Waals surface area (Å²) in [7, 11) is 0. The van der Waals surface area contributed by atoms with Crippen LogP contribution in [0.25, 0.3) is 0 Å². The zero-order valence-corrected chi connectivity index (χ0v) is 13.4. The molecule has 0 spiro atoms. The molecule has 2 nitrogen and oxygen atoms in total. The SMILES string of the molecule is ClCCCN(c1ncc(Br)cc1Br)C1CCC1. The first kappa shape index (κ1) is 13.6. The zero-order chi connectivity index (χ0) is 12.3. The van der Waals surface area contributed by atoms with Crippen LogP contribution in [0.4, 0.5) is 5.82 Å². The first-order valence-corrected chi connectivity index (χ1v) is 7.98. The van der Waals surface area contributed by atoms with Crippen LogP contribution in [-0.2, 0) is 0 Å². The third-order valence-corrected chi connectivity index (χ3v) is 4.39. The predicted octanol–water partition coefficient (Wildman–Crippen LogP) is 4.59. The molecule has 1 aromatic rings. The summed E-state index contributed by atoms with van der Waals surface area (Å²) in [6.07, 6.45) is 6.73. The fraction of sp³-hybridized carbons (Fsp3) is 0.583. The standard InChI is InChI=1S/C12H15Br2ClN2/c13-9-7-11(14)12(16-8-9)17(6-2-5-15)10-3-1-4-10/h7-8,10H,1-6H2. The van der Waals surface area contributed by atoms with Gasteiger partial charge in [-0.05, 0) is 63.6 Å². The molecule has 0 radical (unpaired) electrons. The highest BCUT2D eigenvalue weighted by Crippen LogP contribution is 2.33. The van der Waals surface area contributed by atoms with Crippen LogP contribution in [0.15, 0.2) is 21.2 Å². The summed E-state index contributed by atoms with van der Waals surface area (Å²) < 4.78 is 2.05. The van der Waals surface area contributed by atoms with Crippen molar-refractivity contribution in [3.8, 4) is 0 Å². The quantitative estimate of drug-likeness (QED) is 0.692. The van der Waals surface area contributed by atoms with Gasteiger partial charge < -0.3 is 4.90 Å². The Morgan fingerprint density at radius 3 is 2.71 bits per heavy atom. The molecule has 5 heteroatoms. The molecule has 2 rings (SSSR count). The maximum absolute atomic E-state index is 5.80. The minimum Gasteiger partial charge on any atom is -0.353 e. The second-order valence-electron chi connectivity index (χ2n) is 4.28. The molecule has 0 unspecified atom stereocenters. The van der Waals surface area contributed by atoms with E-state index in [1.54, 1.807) is 0 Å². The van der Waals surface area contributed by atoms with E-state index in [4.69, 9.17) is 11.6 Å². The van der Waals surface area contributed by atoms with Gasteiger partial charge in [-0.1, -0.05) is 0 Å². The second-order valence-corrected chi connectivity index (χ2v) is 6.43. The number of nitrogens with zero attached hydrogens (tertiary/aromatic N) is 2. The number of rotatable bonds is 5. The first-order valence-electron chi connectivity index (χ1n) is 5.86. The van der Waals surface area contributed by atoms with Gasteiger partial charge >= 0.3 is 0 Å². The van der Waals surface area contributed by atoms with Gasteiger partial charge in [-0.25, -0.2) is 4.98 Å². The van der Waals surface area contributed by atoms with Crippen molar-refractivity contribution >= 4 is 49.3 Å². The van der Waals surface area contributed by atoms with Crippen molar-refractivity contribution < 1.29 is 0 Å². The predicted molar refractivity (Wildman–Crippen MR) is 80.0 cm³/mol. The van der Waals surface area contributed by atoms with Crippen molar-refractivity contribution in [3.05, 3.63) is 21.2 Å². The first-order chi connectivity index (χ1) is 8.22. The fourth-order valence-corrected chi connectivity index (χ4v) is 3.34. The number of hydrogen-bond acceptors (Lipinski definition) is 2. The number of halogens is 3. The lowest BCUT2D eigenvalue weighted by molar-refractivity contribution is 0.383. The Kier molecular flexibility index (Phi) is 5.12. The lowest BCUT2D eigenvalue weighted by Crippen LogP contribution is -2.41. The van der Waals surface area contributed by atoms with Crippen molar-refractivity contribution in [2.24, 2.45) is 0 Å². The summed E-state index contributed by atoms with van der Waals surface area (Å²) >= 11 is 12.8. The van der Waals surface area contributed by atoms with E-state index >= 15 is 0 Å². The third kappa shape index (κ3) is 3.36. The molecular formula is C12H15Br2ClN2. The molecule has 1 fully saturated rings. The monoisotopic (exact) mass is 380 g/mol. The number of pyridine rings is 1. The maximum atomic E-state index is 5.80. The highest BCUT2D eigenvalue weighted by molar-refractivity contribution is 9.11. The van der Waals surface area contributed by atoms with E-state index in [0.29, 0.717) is 11.9 Å². The minimum absolute atomic E-state index is 0.642. The molecule has 0 aromatic carbocycles. The van der Waals surface area contributed by atoms with Gasteiger partial charge in [0.05, 0.1) is 4.47 Å². The smallest absolute Gasteiger partial charge is 0.143 e. The van der Waals surface area contributed by atoms with Gasteiger partial charge in [0.15, 0.2) is 0 Å². The van der Waals surface area contributed by atoms with E-state index in [9.17, 15) is 0 Å². The van der Waals surface area contributed by atoms with Crippen LogP contribution >= 0.6 is 43.5 Å². The van der Waals surface area contributed by atoms with Gasteiger partial charge in [0.25, 0.3) is 0 Å². The Bertz CT molecular complexity index is 383. The molecule has 1 aliphatic carbocycles. The Hall–Kier alpha value is 0.200. The van der Waals surface area contributed by atoms with Crippen molar-refractivity contribution in [2.45, 2.75) is 31.7 Å². The summed E-state index contributed by atoms with van der Waals surface area (Å²) in [5.41, 5.74) is 0. The van der Waals surface area contributed by atoms with Gasteiger partial charge in [-0.2, -0.15) is 0 Å². The van der Waals surface area contributed by atoms with E-state index in [1.165, 1.54) is 19.3 Å². The molecule has 1 aromatic heterocycles. The van der Waals surface area contributed by atoms with E-state index in [1.807, 2.05) is 6.20 Å². The van der Waals surface area contributed by atoms with Gasteiger partial charge in [0, 0.05) is 29.1 Å². The molecule has 1 aliphatic rings. The molecule has 0 aliphatic heterocycles. The molecule has 1 saturated carbocycles. The molecule has 17 heavy (non-hydrogen) atoms. The van der Waals surface area contributed by atoms with Crippen LogP contribution in [0, 0.1) is 0 Å². The second kappa shape index (κ2) is 6.39. The maximum Gasteiger partial charge on any atom is 0.143 e. The van der Waals surface area contributed by atoms with Crippen molar-refractivity contribution in [3.63, 3.8) is 0 Å². The number of alkyl halides is 1. The van der Waals surface area contributed by atoms with Crippen molar-refractivity contribution in [1.82, 2.24) is 4.98 Å². The largest absolute Gasteiger partial charge is 0.353 e. The van der Waals surface area contributed by atoms with Crippen LogP contribution in [0.2, 0.25) is 0 Å². The van der Waals surface area contributed by atoms with Gasteiger partial charge in [0.2, 0.25) is 0 Å². The summed E-state index contributed by atoms with van der Waals surface area (Å²) in [6, 6.07) is 2.69. The number of anilines is 1. The Labute approximate surface area is 124 Å². The zero-order valence-electron chi connectivity index (χ0n) is 9.50. The normalized spacial score (nSPS) is 15.7. The van der Waals surface area contributed by atoms with Gasteiger partial charge in [0.1, 0.15) is 5.82 Å². The van der Waals surface area contributed by atoms with Crippen LogP contribution in [0.5, 0.6) is 0 Å². The number of hydrogen-bond donors (Lipinski definition) is 0. The third-order valence-electron chi connectivity index (χ3n) is 3.11. The van der Waals surface area contributed by atoms with Crippen molar-refractivity contribution in [2.75, 3.05) is 17.3 Å². The Morgan fingerprint density at radius 1 is 1.41 bits per heavy atom. The molecule has 94 valence electrons. The topological polar surface area (TPSA) is 16.1 Å².